The normalized spacial score (nSPS) is 18.4. The molecule has 0 aromatic heterocycles. The minimum Gasteiger partial charge on any atom is -0.212 e. The van der Waals surface area contributed by atoms with Crippen LogP contribution in [0.1, 0.15) is 56.1 Å². The van der Waals surface area contributed by atoms with Crippen LogP contribution < -0.4 is 4.72 Å². The molecule has 3 nitrogen and oxygen atoms in total. The molecule has 1 fully saturated rings. The SMILES string of the molecule is Cc1cccc(CS(=O)(=O)NC2CCCCCCC2)c1. The monoisotopic (exact) mass is 295 g/mol. The second-order valence-corrected chi connectivity index (χ2v) is 7.66. The van der Waals surface area contributed by atoms with Crippen molar-refractivity contribution in [2.75, 3.05) is 0 Å². The molecule has 0 saturated heterocycles. The lowest BCUT2D eigenvalue weighted by Crippen LogP contribution is -2.36. The van der Waals surface area contributed by atoms with Gasteiger partial charge in [-0.05, 0) is 25.3 Å². The summed E-state index contributed by atoms with van der Waals surface area (Å²) in [5.74, 6) is 0.0885. The van der Waals surface area contributed by atoms with E-state index in [1.165, 1.54) is 19.3 Å². The molecular weight excluding hydrogens is 270 g/mol. The molecule has 4 heteroatoms. The molecule has 0 radical (unpaired) electrons. The number of hydrogen-bond acceptors (Lipinski definition) is 2. The summed E-state index contributed by atoms with van der Waals surface area (Å²) in [6.07, 6.45) is 7.99. The van der Waals surface area contributed by atoms with Crippen LogP contribution in [-0.4, -0.2) is 14.5 Å². The fourth-order valence-electron chi connectivity index (χ4n) is 2.89. The molecule has 0 spiro atoms. The van der Waals surface area contributed by atoms with Crippen molar-refractivity contribution >= 4 is 10.0 Å². The summed E-state index contributed by atoms with van der Waals surface area (Å²) in [6.45, 7) is 1.98. The van der Waals surface area contributed by atoms with E-state index in [0.29, 0.717) is 0 Å². The third-order valence-electron chi connectivity index (χ3n) is 3.89. The summed E-state index contributed by atoms with van der Waals surface area (Å²) in [7, 11) is -3.23. The van der Waals surface area contributed by atoms with Gasteiger partial charge >= 0.3 is 0 Å². The van der Waals surface area contributed by atoms with Gasteiger partial charge in [-0.2, -0.15) is 0 Å². The average Bonchev–Trinajstić information content (AvgIpc) is 2.31. The number of rotatable bonds is 4. The molecule has 0 heterocycles. The largest absolute Gasteiger partial charge is 0.216 e. The van der Waals surface area contributed by atoms with Crippen LogP contribution in [0.5, 0.6) is 0 Å². The van der Waals surface area contributed by atoms with Crippen LogP contribution in [0.2, 0.25) is 0 Å². The van der Waals surface area contributed by atoms with Crippen molar-refractivity contribution in [2.45, 2.75) is 63.7 Å². The Morgan fingerprint density at radius 1 is 1.10 bits per heavy atom. The Morgan fingerprint density at radius 3 is 2.40 bits per heavy atom. The maximum absolute atomic E-state index is 12.3. The van der Waals surface area contributed by atoms with E-state index in [1.54, 1.807) is 0 Å². The summed E-state index contributed by atoms with van der Waals surface area (Å²) < 4.78 is 27.4. The van der Waals surface area contributed by atoms with Crippen LogP contribution in [0, 0.1) is 6.92 Å². The predicted octanol–water partition coefficient (Wildman–Crippen LogP) is 3.53. The molecule has 1 aliphatic rings. The Balaban J connectivity index is 1.95. The smallest absolute Gasteiger partial charge is 0.212 e. The molecule has 0 atom stereocenters. The van der Waals surface area contributed by atoms with E-state index in [2.05, 4.69) is 4.72 Å². The van der Waals surface area contributed by atoms with E-state index in [-0.39, 0.29) is 11.8 Å². The Morgan fingerprint density at radius 2 is 1.75 bits per heavy atom. The van der Waals surface area contributed by atoms with Gasteiger partial charge in [-0.3, -0.25) is 0 Å². The van der Waals surface area contributed by atoms with Gasteiger partial charge in [0, 0.05) is 6.04 Å². The highest BCUT2D eigenvalue weighted by Crippen LogP contribution is 2.18. The third-order valence-corrected chi connectivity index (χ3v) is 5.30. The Labute approximate surface area is 122 Å². The zero-order valence-corrected chi connectivity index (χ0v) is 13.1. The Bertz CT molecular complexity index is 517. The zero-order valence-electron chi connectivity index (χ0n) is 12.3. The Hall–Kier alpha value is -0.870. The molecule has 0 amide bonds. The molecule has 0 bridgehead atoms. The van der Waals surface area contributed by atoms with Gasteiger partial charge in [0.2, 0.25) is 10.0 Å². The number of sulfonamides is 1. The van der Waals surface area contributed by atoms with E-state index < -0.39 is 10.0 Å². The Kier molecular flexibility index (Phi) is 5.61. The quantitative estimate of drug-likeness (QED) is 0.923. The highest BCUT2D eigenvalue weighted by molar-refractivity contribution is 7.88. The van der Waals surface area contributed by atoms with Crippen LogP contribution in [-0.2, 0) is 15.8 Å². The van der Waals surface area contributed by atoms with Crippen LogP contribution in [0.4, 0.5) is 0 Å². The fourth-order valence-corrected chi connectivity index (χ4v) is 4.34. The first-order valence-electron chi connectivity index (χ1n) is 7.61. The highest BCUT2D eigenvalue weighted by atomic mass is 32.2. The molecule has 1 aromatic rings. The van der Waals surface area contributed by atoms with Gasteiger partial charge in [-0.25, -0.2) is 13.1 Å². The topological polar surface area (TPSA) is 46.2 Å². The number of aryl methyl sites for hydroxylation is 1. The van der Waals surface area contributed by atoms with Gasteiger partial charge in [0.25, 0.3) is 0 Å². The molecule has 1 saturated carbocycles. The standard InChI is InChI=1S/C16H25NO2S/c1-14-8-7-9-15(12-14)13-20(18,19)17-16-10-5-3-2-4-6-11-16/h7-9,12,16-17H,2-6,10-11,13H2,1H3. The van der Waals surface area contributed by atoms with Crippen LogP contribution in [0.3, 0.4) is 0 Å². The third kappa shape index (κ3) is 5.25. The first kappa shape index (κ1) is 15.5. The van der Waals surface area contributed by atoms with E-state index in [1.807, 2.05) is 31.2 Å². The van der Waals surface area contributed by atoms with E-state index in [0.717, 1.165) is 36.8 Å². The fraction of sp³-hybridized carbons (Fsp3) is 0.625. The second kappa shape index (κ2) is 7.23. The number of nitrogens with one attached hydrogen (secondary N) is 1. The van der Waals surface area contributed by atoms with Crippen molar-refractivity contribution in [1.29, 1.82) is 0 Å². The molecule has 1 aromatic carbocycles. The molecule has 112 valence electrons. The summed E-state index contributed by atoms with van der Waals surface area (Å²) in [4.78, 5) is 0. The first-order valence-corrected chi connectivity index (χ1v) is 9.26. The predicted molar refractivity (Wildman–Crippen MR) is 83.0 cm³/mol. The maximum Gasteiger partial charge on any atom is 0.216 e. The van der Waals surface area contributed by atoms with Crippen LogP contribution in [0.15, 0.2) is 24.3 Å². The highest BCUT2D eigenvalue weighted by Gasteiger charge is 2.19. The van der Waals surface area contributed by atoms with Crippen LogP contribution in [0.25, 0.3) is 0 Å². The molecule has 0 aliphatic heterocycles. The minimum absolute atomic E-state index is 0.0885. The summed E-state index contributed by atoms with van der Waals surface area (Å²) in [5, 5.41) is 0. The van der Waals surface area contributed by atoms with Gasteiger partial charge in [0.05, 0.1) is 5.75 Å². The molecule has 1 N–H and O–H groups in total. The van der Waals surface area contributed by atoms with Crippen molar-refractivity contribution < 1.29 is 8.42 Å². The molecular formula is C16H25NO2S. The first-order chi connectivity index (χ1) is 9.55. The molecule has 20 heavy (non-hydrogen) atoms. The van der Waals surface area contributed by atoms with Gasteiger partial charge < -0.3 is 0 Å². The van der Waals surface area contributed by atoms with E-state index in [4.69, 9.17) is 0 Å². The second-order valence-electron chi connectivity index (χ2n) is 5.91. The summed E-state index contributed by atoms with van der Waals surface area (Å²) in [5.41, 5.74) is 1.96. The average molecular weight is 295 g/mol. The van der Waals surface area contributed by atoms with Gasteiger partial charge in [-0.1, -0.05) is 61.9 Å². The molecule has 2 rings (SSSR count). The lowest BCUT2D eigenvalue weighted by atomic mass is 9.97. The van der Waals surface area contributed by atoms with Crippen molar-refractivity contribution in [3.05, 3.63) is 35.4 Å². The van der Waals surface area contributed by atoms with E-state index in [9.17, 15) is 8.42 Å². The van der Waals surface area contributed by atoms with Crippen molar-refractivity contribution in [3.8, 4) is 0 Å². The summed E-state index contributed by atoms with van der Waals surface area (Å²) in [6, 6.07) is 7.85. The number of benzene rings is 1. The van der Waals surface area contributed by atoms with Gasteiger partial charge in [-0.15, -0.1) is 0 Å². The maximum atomic E-state index is 12.3. The molecule has 1 aliphatic carbocycles. The number of hydrogen-bond donors (Lipinski definition) is 1. The lowest BCUT2D eigenvalue weighted by molar-refractivity contribution is 0.426. The zero-order chi connectivity index (χ0) is 14.4. The summed E-state index contributed by atoms with van der Waals surface area (Å²) >= 11 is 0. The van der Waals surface area contributed by atoms with E-state index >= 15 is 0 Å². The van der Waals surface area contributed by atoms with Crippen molar-refractivity contribution in [1.82, 2.24) is 4.72 Å². The van der Waals surface area contributed by atoms with Crippen LogP contribution >= 0.6 is 0 Å². The lowest BCUT2D eigenvalue weighted by Gasteiger charge is -2.21. The van der Waals surface area contributed by atoms with Crippen molar-refractivity contribution in [2.24, 2.45) is 0 Å². The molecule has 0 unspecified atom stereocenters. The minimum atomic E-state index is -3.23. The van der Waals surface area contributed by atoms with Gasteiger partial charge in [0.15, 0.2) is 0 Å². The van der Waals surface area contributed by atoms with Crippen molar-refractivity contribution in [3.63, 3.8) is 0 Å². The van der Waals surface area contributed by atoms with Gasteiger partial charge in [0.1, 0.15) is 0 Å².